The molecular formula is C22H19F3N4O. The number of nitrogens with one attached hydrogen (secondary N) is 1. The van der Waals surface area contributed by atoms with E-state index >= 15 is 0 Å². The Labute approximate surface area is 171 Å². The van der Waals surface area contributed by atoms with Crippen LogP contribution in [0.4, 0.5) is 13.2 Å². The lowest BCUT2D eigenvalue weighted by Crippen LogP contribution is -2.17. The van der Waals surface area contributed by atoms with Gasteiger partial charge in [-0.2, -0.15) is 23.4 Å². The van der Waals surface area contributed by atoms with Crippen LogP contribution in [-0.4, -0.2) is 21.9 Å². The van der Waals surface area contributed by atoms with Crippen molar-refractivity contribution < 1.29 is 18.0 Å². The summed E-state index contributed by atoms with van der Waals surface area (Å²) in [5.41, 5.74) is 4.19. The van der Waals surface area contributed by atoms with Crippen molar-refractivity contribution in [1.82, 2.24) is 15.2 Å². The number of carbonyl (C=O) groups excluding carboxylic acids is 1. The Morgan fingerprint density at radius 2 is 1.73 bits per heavy atom. The summed E-state index contributed by atoms with van der Waals surface area (Å²) in [4.78, 5) is 12.3. The van der Waals surface area contributed by atoms with Crippen molar-refractivity contribution in [2.24, 2.45) is 5.10 Å². The monoisotopic (exact) mass is 412 g/mol. The zero-order valence-corrected chi connectivity index (χ0v) is 16.0. The molecule has 154 valence electrons. The topological polar surface area (TPSA) is 59.3 Å². The predicted octanol–water partition coefficient (Wildman–Crippen LogP) is 4.53. The average molecular weight is 412 g/mol. The lowest BCUT2D eigenvalue weighted by Gasteiger charge is -2.14. The lowest BCUT2D eigenvalue weighted by molar-refractivity contribution is -0.142. The molecular weight excluding hydrogens is 393 g/mol. The maximum Gasteiger partial charge on any atom is 0.435 e. The number of carbonyl (C=O) groups is 1. The first-order chi connectivity index (χ1) is 14.4. The summed E-state index contributed by atoms with van der Waals surface area (Å²) in [6, 6.07) is 15.6. The van der Waals surface area contributed by atoms with E-state index in [1.54, 1.807) is 24.3 Å². The van der Waals surface area contributed by atoms with Crippen molar-refractivity contribution in [1.29, 1.82) is 0 Å². The number of halogens is 3. The molecule has 8 heteroatoms. The second-order valence-electron chi connectivity index (χ2n) is 7.05. The molecule has 0 bridgehead atoms. The number of hydrogen-bond acceptors (Lipinski definition) is 3. The Balaban J connectivity index is 1.53. The van der Waals surface area contributed by atoms with Gasteiger partial charge in [0.25, 0.3) is 5.91 Å². The molecule has 3 aromatic rings. The fourth-order valence-electron chi connectivity index (χ4n) is 3.56. The second kappa shape index (κ2) is 8.14. The number of rotatable bonds is 4. The van der Waals surface area contributed by atoms with E-state index in [1.807, 2.05) is 30.3 Å². The minimum Gasteiger partial charge on any atom is -0.267 e. The van der Waals surface area contributed by atoms with Crippen LogP contribution in [0.3, 0.4) is 0 Å². The molecule has 0 atom stereocenters. The molecule has 0 saturated heterocycles. The molecule has 4 rings (SSSR count). The van der Waals surface area contributed by atoms with E-state index in [0.29, 0.717) is 29.8 Å². The van der Waals surface area contributed by atoms with Gasteiger partial charge in [0.1, 0.15) is 0 Å². The molecule has 1 aliphatic rings. The highest BCUT2D eigenvalue weighted by molar-refractivity contribution is 5.95. The van der Waals surface area contributed by atoms with E-state index in [-0.39, 0.29) is 5.56 Å². The third kappa shape index (κ3) is 4.12. The van der Waals surface area contributed by atoms with Gasteiger partial charge in [-0.1, -0.05) is 30.3 Å². The van der Waals surface area contributed by atoms with Crippen molar-refractivity contribution >= 4 is 12.1 Å². The number of amides is 1. The number of hydrazone groups is 1. The highest BCUT2D eigenvalue weighted by Crippen LogP contribution is 2.36. The fourth-order valence-corrected chi connectivity index (χ4v) is 3.56. The quantitative estimate of drug-likeness (QED) is 0.506. The van der Waals surface area contributed by atoms with E-state index < -0.39 is 17.8 Å². The van der Waals surface area contributed by atoms with Crippen molar-refractivity contribution in [3.05, 3.63) is 82.7 Å². The van der Waals surface area contributed by atoms with Gasteiger partial charge in [0.15, 0.2) is 5.69 Å². The predicted molar refractivity (Wildman–Crippen MR) is 107 cm³/mol. The molecule has 1 amide bonds. The Morgan fingerprint density at radius 1 is 1.03 bits per heavy atom. The van der Waals surface area contributed by atoms with Crippen LogP contribution >= 0.6 is 0 Å². The molecule has 5 nitrogen and oxygen atoms in total. The highest BCUT2D eigenvalue weighted by Gasteiger charge is 2.39. The fraction of sp³-hybridized carbons (Fsp3) is 0.227. The standard InChI is InChI=1S/C22H19F3N4O/c23-22(24,25)20-18-8-4-5-9-19(18)29(28-20)17-12-10-16(11-13-17)21(30)27-26-14-15-6-2-1-3-7-15/h1-3,6-7,10-14H,4-5,8-9H2,(H,27,30)/b26-14+. The minimum atomic E-state index is -4.48. The smallest absolute Gasteiger partial charge is 0.267 e. The zero-order chi connectivity index (χ0) is 21.1. The molecule has 1 N–H and O–H groups in total. The number of fused-ring (bicyclic) bond motifs is 1. The zero-order valence-electron chi connectivity index (χ0n) is 16.0. The van der Waals surface area contributed by atoms with E-state index in [9.17, 15) is 18.0 Å². The molecule has 0 unspecified atom stereocenters. The van der Waals surface area contributed by atoms with Crippen molar-refractivity contribution in [3.8, 4) is 5.69 Å². The third-order valence-corrected chi connectivity index (χ3v) is 5.00. The maximum atomic E-state index is 13.4. The summed E-state index contributed by atoms with van der Waals surface area (Å²) >= 11 is 0. The highest BCUT2D eigenvalue weighted by atomic mass is 19.4. The third-order valence-electron chi connectivity index (χ3n) is 5.00. The Hall–Kier alpha value is -3.42. The first-order valence-electron chi connectivity index (χ1n) is 9.60. The number of hydrogen-bond donors (Lipinski definition) is 1. The van der Waals surface area contributed by atoms with Gasteiger partial charge in [-0.05, 0) is 55.5 Å². The second-order valence-corrected chi connectivity index (χ2v) is 7.05. The van der Waals surface area contributed by atoms with Crippen molar-refractivity contribution in [3.63, 3.8) is 0 Å². The lowest BCUT2D eigenvalue weighted by atomic mass is 9.95. The van der Waals surface area contributed by atoms with Gasteiger partial charge in [0.05, 0.1) is 11.9 Å². The van der Waals surface area contributed by atoms with Crippen molar-refractivity contribution in [2.45, 2.75) is 31.9 Å². The summed E-state index contributed by atoms with van der Waals surface area (Å²) in [5, 5.41) is 7.78. The Kier molecular flexibility index (Phi) is 5.39. The summed E-state index contributed by atoms with van der Waals surface area (Å²) < 4.78 is 41.5. The number of benzene rings is 2. The first kappa shape index (κ1) is 19.9. The molecule has 0 spiro atoms. The van der Waals surface area contributed by atoms with Crippen LogP contribution in [0.1, 0.15) is 45.7 Å². The summed E-state index contributed by atoms with van der Waals surface area (Å²) in [6.45, 7) is 0. The van der Waals surface area contributed by atoms with Gasteiger partial charge in [-0.15, -0.1) is 0 Å². The first-order valence-corrected chi connectivity index (χ1v) is 9.60. The van der Waals surface area contributed by atoms with Crippen LogP contribution in [-0.2, 0) is 19.0 Å². The molecule has 0 radical (unpaired) electrons. The van der Waals surface area contributed by atoms with E-state index in [1.165, 1.54) is 10.9 Å². The van der Waals surface area contributed by atoms with Gasteiger partial charge in [-0.3, -0.25) is 4.79 Å². The normalized spacial score (nSPS) is 14.0. The van der Waals surface area contributed by atoms with Gasteiger partial charge in [0, 0.05) is 16.8 Å². The van der Waals surface area contributed by atoms with Crippen LogP contribution in [0.5, 0.6) is 0 Å². The van der Waals surface area contributed by atoms with Gasteiger partial charge in [-0.25, -0.2) is 10.1 Å². The SMILES string of the molecule is O=C(N/N=C/c1ccccc1)c1ccc(-n2nc(C(F)(F)F)c3c2CCCC3)cc1. The Morgan fingerprint density at radius 3 is 2.43 bits per heavy atom. The number of nitrogens with zero attached hydrogens (tertiary/aromatic N) is 3. The van der Waals surface area contributed by atoms with E-state index in [0.717, 1.165) is 18.4 Å². The average Bonchev–Trinajstić information content (AvgIpc) is 3.15. The molecule has 0 saturated carbocycles. The van der Waals surface area contributed by atoms with Crippen LogP contribution in [0.2, 0.25) is 0 Å². The maximum absolute atomic E-state index is 13.4. The number of aromatic nitrogens is 2. The van der Waals surface area contributed by atoms with Gasteiger partial charge < -0.3 is 0 Å². The minimum absolute atomic E-state index is 0.283. The van der Waals surface area contributed by atoms with E-state index in [4.69, 9.17) is 0 Å². The molecule has 30 heavy (non-hydrogen) atoms. The molecule has 1 aliphatic carbocycles. The Bertz CT molecular complexity index is 1070. The number of alkyl halides is 3. The van der Waals surface area contributed by atoms with Gasteiger partial charge >= 0.3 is 6.18 Å². The molecule has 2 aromatic carbocycles. The summed E-state index contributed by atoms with van der Waals surface area (Å²) in [5.74, 6) is -0.410. The summed E-state index contributed by atoms with van der Waals surface area (Å²) in [7, 11) is 0. The van der Waals surface area contributed by atoms with Gasteiger partial charge in [0.2, 0.25) is 0 Å². The van der Waals surface area contributed by atoms with Crippen LogP contribution in [0, 0.1) is 0 Å². The summed E-state index contributed by atoms with van der Waals surface area (Å²) in [6.07, 6.45) is -0.469. The molecule has 0 aliphatic heterocycles. The van der Waals surface area contributed by atoms with Crippen LogP contribution in [0.15, 0.2) is 59.7 Å². The van der Waals surface area contributed by atoms with Crippen LogP contribution < -0.4 is 5.43 Å². The molecule has 0 fully saturated rings. The molecule has 1 aromatic heterocycles. The largest absolute Gasteiger partial charge is 0.435 e. The van der Waals surface area contributed by atoms with E-state index in [2.05, 4.69) is 15.6 Å². The molecule has 1 heterocycles. The van der Waals surface area contributed by atoms with Crippen molar-refractivity contribution in [2.75, 3.05) is 0 Å². The van der Waals surface area contributed by atoms with Crippen LogP contribution in [0.25, 0.3) is 5.69 Å².